The minimum atomic E-state index is 0.224. The van der Waals surface area contributed by atoms with E-state index in [1.807, 2.05) is 12.1 Å². The molecule has 2 aliphatic carbocycles. The lowest BCUT2D eigenvalue weighted by Crippen LogP contribution is -2.50. The molecule has 0 radical (unpaired) electrons. The van der Waals surface area contributed by atoms with E-state index in [-0.39, 0.29) is 5.41 Å². The van der Waals surface area contributed by atoms with Crippen LogP contribution in [0.5, 0.6) is 5.75 Å². The number of hydrogen-bond acceptors (Lipinski definition) is 2. The van der Waals surface area contributed by atoms with Gasteiger partial charge in [0, 0.05) is 22.5 Å². The topological polar surface area (TPSA) is 21.3 Å². The Bertz CT molecular complexity index is 488. The third-order valence-electron chi connectivity index (χ3n) is 5.01. The van der Waals surface area contributed by atoms with Gasteiger partial charge in [-0.1, -0.05) is 18.5 Å². The van der Waals surface area contributed by atoms with E-state index in [2.05, 4.69) is 18.3 Å². The maximum atomic E-state index is 6.23. The lowest BCUT2D eigenvalue weighted by Gasteiger charge is -2.50. The molecule has 1 N–H and O–H groups in total. The molecule has 1 aromatic carbocycles. The molecular weight excluding hydrogens is 270 g/mol. The molecule has 3 rings (SSSR count). The van der Waals surface area contributed by atoms with Gasteiger partial charge in [0.05, 0.1) is 7.11 Å². The maximum absolute atomic E-state index is 6.23. The standard InChI is InChI=1S/C17H24ClNO/c1-3-8-19-12-17(10-16(11-17)6-7-16)14-9-13(18)4-5-15(14)20-2/h4-5,9,19H,3,6-8,10-12H2,1-2H3. The first-order chi connectivity index (χ1) is 9.63. The zero-order chi connectivity index (χ0) is 14.2. The molecule has 1 aromatic rings. The predicted molar refractivity (Wildman–Crippen MR) is 83.7 cm³/mol. The van der Waals surface area contributed by atoms with Crippen LogP contribution in [0.15, 0.2) is 18.2 Å². The summed E-state index contributed by atoms with van der Waals surface area (Å²) in [4.78, 5) is 0. The molecule has 3 heteroatoms. The Hall–Kier alpha value is -0.730. The number of ether oxygens (including phenoxy) is 1. The predicted octanol–water partition coefficient (Wildman–Crippen LogP) is 4.16. The first-order valence-corrected chi connectivity index (χ1v) is 8.06. The molecule has 2 saturated carbocycles. The van der Waals surface area contributed by atoms with Crippen LogP contribution in [0.2, 0.25) is 5.02 Å². The Morgan fingerprint density at radius 2 is 2.05 bits per heavy atom. The largest absolute Gasteiger partial charge is 0.496 e. The molecule has 2 aliphatic rings. The van der Waals surface area contributed by atoms with E-state index >= 15 is 0 Å². The van der Waals surface area contributed by atoms with Gasteiger partial charge < -0.3 is 10.1 Å². The number of halogens is 1. The molecule has 0 heterocycles. The Balaban J connectivity index is 1.87. The molecule has 0 unspecified atom stereocenters. The molecule has 110 valence electrons. The third kappa shape index (κ3) is 2.44. The second-order valence-corrected chi connectivity index (χ2v) is 7.09. The Kier molecular flexibility index (Phi) is 3.72. The summed E-state index contributed by atoms with van der Waals surface area (Å²) in [6.07, 6.45) is 6.56. The zero-order valence-electron chi connectivity index (χ0n) is 12.5. The van der Waals surface area contributed by atoms with Gasteiger partial charge >= 0.3 is 0 Å². The minimum absolute atomic E-state index is 0.224. The second-order valence-electron chi connectivity index (χ2n) is 6.66. The van der Waals surface area contributed by atoms with Crippen LogP contribution < -0.4 is 10.1 Å². The summed E-state index contributed by atoms with van der Waals surface area (Å²) in [6.45, 7) is 4.33. The van der Waals surface area contributed by atoms with Gasteiger partial charge in [0.15, 0.2) is 0 Å². The first-order valence-electron chi connectivity index (χ1n) is 7.68. The SMILES string of the molecule is CCCNCC1(c2cc(Cl)ccc2OC)CC2(CC2)C1. The number of rotatable bonds is 6. The summed E-state index contributed by atoms with van der Waals surface area (Å²) >= 11 is 6.23. The number of hydrogen-bond donors (Lipinski definition) is 1. The van der Waals surface area contributed by atoms with E-state index < -0.39 is 0 Å². The first kappa shape index (κ1) is 14.2. The van der Waals surface area contributed by atoms with Gasteiger partial charge in [-0.2, -0.15) is 0 Å². The lowest BCUT2D eigenvalue weighted by atomic mass is 9.56. The maximum Gasteiger partial charge on any atom is 0.122 e. The second kappa shape index (κ2) is 5.23. The molecular formula is C17H24ClNO. The van der Waals surface area contributed by atoms with Crippen molar-refractivity contribution >= 4 is 11.6 Å². The summed E-state index contributed by atoms with van der Waals surface area (Å²) in [5, 5.41) is 4.43. The smallest absolute Gasteiger partial charge is 0.122 e. The van der Waals surface area contributed by atoms with Crippen molar-refractivity contribution in [3.63, 3.8) is 0 Å². The van der Waals surface area contributed by atoms with Gasteiger partial charge in [0.2, 0.25) is 0 Å². The highest BCUT2D eigenvalue weighted by molar-refractivity contribution is 6.30. The Morgan fingerprint density at radius 1 is 1.30 bits per heavy atom. The van der Waals surface area contributed by atoms with Crippen molar-refractivity contribution in [3.05, 3.63) is 28.8 Å². The van der Waals surface area contributed by atoms with Crippen LogP contribution in [0.25, 0.3) is 0 Å². The van der Waals surface area contributed by atoms with Gasteiger partial charge in [0.1, 0.15) is 5.75 Å². The number of nitrogens with one attached hydrogen (secondary N) is 1. The number of methoxy groups -OCH3 is 1. The Labute approximate surface area is 126 Å². The number of benzene rings is 1. The van der Waals surface area contributed by atoms with Crippen molar-refractivity contribution < 1.29 is 4.74 Å². The van der Waals surface area contributed by atoms with Crippen molar-refractivity contribution in [3.8, 4) is 5.75 Å². The molecule has 2 fully saturated rings. The van der Waals surface area contributed by atoms with Gasteiger partial charge in [-0.3, -0.25) is 0 Å². The van der Waals surface area contributed by atoms with E-state index in [0.29, 0.717) is 5.41 Å². The summed E-state index contributed by atoms with van der Waals surface area (Å²) in [7, 11) is 1.76. The van der Waals surface area contributed by atoms with Crippen LogP contribution in [0, 0.1) is 5.41 Å². The van der Waals surface area contributed by atoms with Crippen molar-refractivity contribution in [1.82, 2.24) is 5.32 Å². The molecule has 0 saturated heterocycles. The average molecular weight is 294 g/mol. The van der Waals surface area contributed by atoms with E-state index in [0.717, 1.165) is 23.9 Å². The summed E-state index contributed by atoms with van der Waals surface area (Å²) < 4.78 is 5.59. The van der Waals surface area contributed by atoms with E-state index in [9.17, 15) is 0 Å². The Morgan fingerprint density at radius 3 is 2.65 bits per heavy atom. The van der Waals surface area contributed by atoms with Gasteiger partial charge in [-0.15, -0.1) is 0 Å². The van der Waals surface area contributed by atoms with Gasteiger partial charge in [-0.25, -0.2) is 0 Å². The summed E-state index contributed by atoms with van der Waals surface area (Å²) in [5.41, 5.74) is 2.18. The molecule has 2 nitrogen and oxygen atoms in total. The molecule has 0 atom stereocenters. The lowest BCUT2D eigenvalue weighted by molar-refractivity contribution is 0.113. The summed E-state index contributed by atoms with van der Waals surface area (Å²) in [6, 6.07) is 6.04. The fraction of sp³-hybridized carbons (Fsp3) is 0.647. The van der Waals surface area contributed by atoms with Crippen molar-refractivity contribution in [2.45, 2.75) is 44.4 Å². The van der Waals surface area contributed by atoms with Crippen LogP contribution in [0.3, 0.4) is 0 Å². The molecule has 0 aliphatic heterocycles. The van der Waals surface area contributed by atoms with E-state index in [4.69, 9.17) is 16.3 Å². The van der Waals surface area contributed by atoms with E-state index in [1.54, 1.807) is 7.11 Å². The van der Waals surface area contributed by atoms with Crippen LogP contribution in [-0.4, -0.2) is 20.2 Å². The van der Waals surface area contributed by atoms with Crippen LogP contribution in [-0.2, 0) is 5.41 Å². The molecule has 1 spiro atoms. The normalized spacial score (nSPS) is 21.6. The summed E-state index contributed by atoms with van der Waals surface area (Å²) in [5.74, 6) is 0.989. The highest BCUT2D eigenvalue weighted by Gasteiger charge is 2.61. The van der Waals surface area contributed by atoms with Crippen LogP contribution in [0.4, 0.5) is 0 Å². The van der Waals surface area contributed by atoms with Crippen molar-refractivity contribution in [1.29, 1.82) is 0 Å². The van der Waals surface area contributed by atoms with Crippen molar-refractivity contribution in [2.24, 2.45) is 5.41 Å². The average Bonchev–Trinajstić information content (AvgIpc) is 3.18. The fourth-order valence-electron chi connectivity index (χ4n) is 3.92. The molecule has 0 amide bonds. The molecule has 20 heavy (non-hydrogen) atoms. The molecule has 0 aromatic heterocycles. The molecule has 0 bridgehead atoms. The van der Waals surface area contributed by atoms with Crippen molar-refractivity contribution in [2.75, 3.05) is 20.2 Å². The van der Waals surface area contributed by atoms with Gasteiger partial charge in [-0.05, 0) is 62.3 Å². The highest BCUT2D eigenvalue weighted by atomic mass is 35.5. The monoisotopic (exact) mass is 293 g/mol. The van der Waals surface area contributed by atoms with Crippen LogP contribution >= 0.6 is 11.6 Å². The van der Waals surface area contributed by atoms with Crippen LogP contribution in [0.1, 0.15) is 44.6 Å². The minimum Gasteiger partial charge on any atom is -0.496 e. The quantitative estimate of drug-likeness (QED) is 0.795. The van der Waals surface area contributed by atoms with E-state index in [1.165, 1.54) is 37.7 Å². The zero-order valence-corrected chi connectivity index (χ0v) is 13.2. The highest BCUT2D eigenvalue weighted by Crippen LogP contribution is 2.69. The third-order valence-corrected chi connectivity index (χ3v) is 5.24. The fourth-order valence-corrected chi connectivity index (χ4v) is 4.10. The van der Waals surface area contributed by atoms with Gasteiger partial charge in [0.25, 0.3) is 0 Å².